The Morgan fingerprint density at radius 2 is 1.88 bits per heavy atom. The van der Waals surface area contributed by atoms with Gasteiger partial charge in [0, 0.05) is 14.0 Å². The van der Waals surface area contributed by atoms with Crippen molar-refractivity contribution in [2.45, 2.75) is 13.8 Å². The van der Waals surface area contributed by atoms with Crippen molar-refractivity contribution in [3.05, 3.63) is 41.6 Å². The van der Waals surface area contributed by atoms with E-state index in [0.717, 1.165) is 11.3 Å². The largest absolute Gasteiger partial charge is 0.293 e. The summed E-state index contributed by atoms with van der Waals surface area (Å²) in [5.74, 6) is -0.00559. The van der Waals surface area contributed by atoms with Crippen LogP contribution in [0.2, 0.25) is 0 Å². The molecule has 3 nitrogen and oxygen atoms in total. The first-order valence-electron chi connectivity index (χ1n) is 5.20. The van der Waals surface area contributed by atoms with Crippen molar-refractivity contribution in [2.24, 2.45) is 7.05 Å². The Hall–Kier alpha value is -1.90. The zero-order valence-electron chi connectivity index (χ0n) is 9.69. The summed E-state index contributed by atoms with van der Waals surface area (Å²) < 4.78 is 1.74. The highest BCUT2D eigenvalue weighted by molar-refractivity contribution is 5.93. The highest BCUT2D eigenvalue weighted by atomic mass is 16.1. The van der Waals surface area contributed by atoms with Gasteiger partial charge in [0.05, 0.1) is 5.69 Å². The van der Waals surface area contributed by atoms with Crippen molar-refractivity contribution in [1.29, 1.82) is 0 Å². The van der Waals surface area contributed by atoms with E-state index in [4.69, 9.17) is 0 Å². The van der Waals surface area contributed by atoms with Crippen molar-refractivity contribution in [1.82, 2.24) is 9.78 Å². The van der Waals surface area contributed by atoms with Crippen LogP contribution in [-0.4, -0.2) is 15.6 Å². The fraction of sp³-hybridized carbons (Fsp3) is 0.231. The summed E-state index contributed by atoms with van der Waals surface area (Å²) in [6.45, 7) is 3.58. The minimum Gasteiger partial charge on any atom is -0.293 e. The van der Waals surface area contributed by atoms with Gasteiger partial charge in [-0.1, -0.05) is 29.8 Å². The lowest BCUT2D eigenvalue weighted by Crippen LogP contribution is -1.97. The van der Waals surface area contributed by atoms with Crippen LogP contribution in [-0.2, 0) is 7.05 Å². The maximum absolute atomic E-state index is 11.2. The molecule has 0 fully saturated rings. The van der Waals surface area contributed by atoms with Gasteiger partial charge in [-0.25, -0.2) is 0 Å². The summed E-state index contributed by atoms with van der Waals surface area (Å²) in [6, 6.07) is 10.0. The molecule has 0 atom stereocenters. The van der Waals surface area contributed by atoms with E-state index in [2.05, 4.69) is 17.2 Å². The standard InChI is InChI=1S/C13H14N2O/c1-9-4-6-11(7-5-9)13-8-12(10(2)16)14-15(13)3/h4-8H,1-3H3. The summed E-state index contributed by atoms with van der Waals surface area (Å²) in [7, 11) is 1.85. The first kappa shape index (κ1) is 10.6. The Bertz CT molecular complexity index is 523. The van der Waals surface area contributed by atoms with Crippen LogP contribution >= 0.6 is 0 Å². The number of carbonyl (C=O) groups is 1. The second-order valence-electron chi connectivity index (χ2n) is 3.96. The monoisotopic (exact) mass is 214 g/mol. The van der Waals surface area contributed by atoms with Gasteiger partial charge in [0.1, 0.15) is 5.69 Å². The van der Waals surface area contributed by atoms with Crippen molar-refractivity contribution in [3.63, 3.8) is 0 Å². The van der Waals surface area contributed by atoms with E-state index < -0.39 is 0 Å². The lowest BCUT2D eigenvalue weighted by atomic mass is 10.1. The molecule has 82 valence electrons. The van der Waals surface area contributed by atoms with Gasteiger partial charge in [-0.05, 0) is 18.6 Å². The van der Waals surface area contributed by atoms with Gasteiger partial charge in [0.15, 0.2) is 5.78 Å². The molecule has 1 aromatic carbocycles. The topological polar surface area (TPSA) is 34.9 Å². The number of benzene rings is 1. The van der Waals surface area contributed by atoms with Crippen LogP contribution in [0.4, 0.5) is 0 Å². The third kappa shape index (κ3) is 1.89. The summed E-state index contributed by atoms with van der Waals surface area (Å²) in [5, 5.41) is 4.18. The number of hydrogen-bond acceptors (Lipinski definition) is 2. The number of rotatable bonds is 2. The maximum atomic E-state index is 11.2. The Kier molecular flexibility index (Phi) is 2.60. The minimum absolute atomic E-state index is 0.00559. The first-order valence-corrected chi connectivity index (χ1v) is 5.20. The number of Topliss-reactive ketones (excluding diaryl/α,β-unsaturated/α-hetero) is 1. The average molecular weight is 214 g/mol. The maximum Gasteiger partial charge on any atom is 0.180 e. The molecule has 0 spiro atoms. The SMILES string of the molecule is CC(=O)c1cc(-c2ccc(C)cc2)n(C)n1. The summed E-state index contributed by atoms with van der Waals surface area (Å²) in [6.07, 6.45) is 0. The van der Waals surface area contributed by atoms with E-state index in [0.29, 0.717) is 5.69 Å². The van der Waals surface area contributed by atoms with Gasteiger partial charge >= 0.3 is 0 Å². The van der Waals surface area contributed by atoms with E-state index in [9.17, 15) is 4.79 Å². The summed E-state index contributed by atoms with van der Waals surface area (Å²) >= 11 is 0. The van der Waals surface area contributed by atoms with Crippen LogP contribution in [0, 0.1) is 6.92 Å². The van der Waals surface area contributed by atoms with Crippen LogP contribution in [0.3, 0.4) is 0 Å². The third-order valence-electron chi connectivity index (χ3n) is 2.59. The first-order chi connectivity index (χ1) is 7.58. The van der Waals surface area contributed by atoms with Gasteiger partial charge in [-0.3, -0.25) is 9.48 Å². The van der Waals surface area contributed by atoms with Gasteiger partial charge in [0.2, 0.25) is 0 Å². The molecule has 0 unspecified atom stereocenters. The zero-order valence-corrected chi connectivity index (χ0v) is 9.69. The van der Waals surface area contributed by atoms with E-state index in [1.165, 1.54) is 12.5 Å². The Balaban J connectivity index is 2.47. The van der Waals surface area contributed by atoms with Crippen LogP contribution < -0.4 is 0 Å². The number of hydrogen-bond donors (Lipinski definition) is 0. The summed E-state index contributed by atoms with van der Waals surface area (Å²) in [5.41, 5.74) is 3.77. The zero-order chi connectivity index (χ0) is 11.7. The molecule has 0 radical (unpaired) electrons. The molecule has 2 aromatic rings. The van der Waals surface area contributed by atoms with Crippen LogP contribution in [0.5, 0.6) is 0 Å². The molecule has 0 bridgehead atoms. The number of carbonyl (C=O) groups excluding carboxylic acids is 1. The van der Waals surface area contributed by atoms with Gasteiger partial charge < -0.3 is 0 Å². The highest BCUT2D eigenvalue weighted by Crippen LogP contribution is 2.20. The minimum atomic E-state index is -0.00559. The van der Waals surface area contributed by atoms with Gasteiger partial charge in [-0.15, -0.1) is 0 Å². The van der Waals surface area contributed by atoms with E-state index in [1.54, 1.807) is 4.68 Å². The molecule has 3 heteroatoms. The Labute approximate surface area is 94.7 Å². The second kappa shape index (κ2) is 3.93. The van der Waals surface area contributed by atoms with E-state index >= 15 is 0 Å². The molecule has 0 saturated heterocycles. The van der Waals surface area contributed by atoms with Crippen molar-refractivity contribution >= 4 is 5.78 Å². The smallest absolute Gasteiger partial charge is 0.180 e. The van der Waals surface area contributed by atoms with Crippen molar-refractivity contribution in [2.75, 3.05) is 0 Å². The molecule has 0 saturated carbocycles. The molecule has 16 heavy (non-hydrogen) atoms. The number of nitrogens with zero attached hydrogens (tertiary/aromatic N) is 2. The normalized spacial score (nSPS) is 10.4. The Morgan fingerprint density at radius 3 is 2.38 bits per heavy atom. The van der Waals surface area contributed by atoms with Gasteiger partial charge in [-0.2, -0.15) is 5.10 Å². The fourth-order valence-electron chi connectivity index (χ4n) is 1.63. The van der Waals surface area contributed by atoms with Gasteiger partial charge in [0.25, 0.3) is 0 Å². The molecule has 0 N–H and O–H groups in total. The van der Waals surface area contributed by atoms with Crippen molar-refractivity contribution < 1.29 is 4.79 Å². The second-order valence-corrected chi connectivity index (χ2v) is 3.96. The molecule has 2 rings (SSSR count). The Morgan fingerprint density at radius 1 is 1.25 bits per heavy atom. The molecular formula is C13H14N2O. The van der Waals surface area contributed by atoms with Crippen molar-refractivity contribution in [3.8, 4) is 11.3 Å². The third-order valence-corrected chi connectivity index (χ3v) is 2.59. The van der Waals surface area contributed by atoms with E-state index in [-0.39, 0.29) is 5.78 Å². The fourth-order valence-corrected chi connectivity index (χ4v) is 1.63. The number of ketones is 1. The molecule has 1 heterocycles. The molecule has 0 aliphatic carbocycles. The number of aromatic nitrogens is 2. The number of aryl methyl sites for hydroxylation is 2. The van der Waals surface area contributed by atoms with Crippen LogP contribution in [0.15, 0.2) is 30.3 Å². The predicted octanol–water partition coefficient (Wildman–Crippen LogP) is 2.60. The summed E-state index contributed by atoms with van der Waals surface area (Å²) in [4.78, 5) is 11.2. The van der Waals surface area contributed by atoms with Crippen LogP contribution in [0.1, 0.15) is 23.0 Å². The molecule has 0 aliphatic heterocycles. The lowest BCUT2D eigenvalue weighted by Gasteiger charge is -2.01. The molecule has 0 aliphatic rings. The average Bonchev–Trinajstić information content (AvgIpc) is 2.62. The predicted molar refractivity (Wildman–Crippen MR) is 63.4 cm³/mol. The van der Waals surface area contributed by atoms with Crippen LogP contribution in [0.25, 0.3) is 11.3 Å². The molecular weight excluding hydrogens is 200 g/mol. The molecule has 0 amide bonds. The quantitative estimate of drug-likeness (QED) is 0.720. The van der Waals surface area contributed by atoms with E-state index in [1.807, 2.05) is 32.2 Å². The highest BCUT2D eigenvalue weighted by Gasteiger charge is 2.09. The molecule has 1 aromatic heterocycles. The lowest BCUT2D eigenvalue weighted by molar-refractivity contribution is 0.101.